The first-order valence-electron chi connectivity index (χ1n) is 6.71. The summed E-state index contributed by atoms with van der Waals surface area (Å²) in [4.78, 5) is 14.4. The van der Waals surface area contributed by atoms with Crippen molar-refractivity contribution in [2.24, 2.45) is 0 Å². The number of carbonyl (C=O) groups is 1. The fraction of sp³-hybridized carbons (Fsp3) is 0.400. The van der Waals surface area contributed by atoms with Gasteiger partial charge in [0.2, 0.25) is 0 Å². The van der Waals surface area contributed by atoms with Crippen molar-refractivity contribution in [3.63, 3.8) is 0 Å². The molecule has 19 heavy (non-hydrogen) atoms. The minimum absolute atomic E-state index is 0.357. The zero-order chi connectivity index (χ0) is 13.4. The second-order valence-electron chi connectivity index (χ2n) is 5.25. The molecule has 4 heteroatoms. The van der Waals surface area contributed by atoms with Crippen molar-refractivity contribution in [1.82, 2.24) is 4.98 Å². The number of fused-ring (bicyclic) bond motifs is 1. The molecule has 3 rings (SSSR count). The van der Waals surface area contributed by atoms with Crippen LogP contribution in [0.25, 0.3) is 10.9 Å². The van der Waals surface area contributed by atoms with Gasteiger partial charge in [-0.15, -0.1) is 0 Å². The molecule has 100 valence electrons. The average molecular weight is 322 g/mol. The summed E-state index contributed by atoms with van der Waals surface area (Å²) in [6, 6.07) is 5.30. The van der Waals surface area contributed by atoms with Crippen LogP contribution in [0.4, 0.5) is 0 Å². The van der Waals surface area contributed by atoms with E-state index in [4.69, 9.17) is 5.11 Å². The molecular formula is C15H16BrNO2. The molecule has 2 N–H and O–H groups in total. The van der Waals surface area contributed by atoms with Gasteiger partial charge in [0.25, 0.3) is 0 Å². The van der Waals surface area contributed by atoms with E-state index in [-0.39, 0.29) is 0 Å². The molecule has 1 fully saturated rings. The van der Waals surface area contributed by atoms with Crippen LogP contribution in [0.1, 0.15) is 53.9 Å². The number of aromatic nitrogens is 1. The Morgan fingerprint density at radius 1 is 1.26 bits per heavy atom. The molecule has 0 atom stereocenters. The predicted molar refractivity (Wildman–Crippen MR) is 78.8 cm³/mol. The number of hydrogen-bond donors (Lipinski definition) is 2. The zero-order valence-corrected chi connectivity index (χ0v) is 12.2. The van der Waals surface area contributed by atoms with E-state index >= 15 is 0 Å². The number of aromatic carboxylic acids is 1. The fourth-order valence-electron chi connectivity index (χ4n) is 3.10. The number of nitrogens with one attached hydrogen (secondary N) is 1. The van der Waals surface area contributed by atoms with E-state index in [1.54, 1.807) is 12.1 Å². The maximum absolute atomic E-state index is 11.1. The Bertz CT molecular complexity index is 626. The topological polar surface area (TPSA) is 53.1 Å². The Labute approximate surface area is 120 Å². The number of halogens is 1. The lowest BCUT2D eigenvalue weighted by atomic mass is 9.84. The summed E-state index contributed by atoms with van der Waals surface area (Å²) in [5.41, 5.74) is 2.63. The molecule has 0 unspecified atom stereocenters. The van der Waals surface area contributed by atoms with Gasteiger partial charge >= 0.3 is 5.97 Å². The SMILES string of the molecule is O=C(O)c1ccc2[nH]c(Br)c(C3CCCCC3)c2c1. The molecule has 0 bridgehead atoms. The number of carboxylic acid groups (broad SMARTS) is 1. The van der Waals surface area contributed by atoms with E-state index in [1.165, 1.54) is 37.7 Å². The highest BCUT2D eigenvalue weighted by molar-refractivity contribution is 9.10. The van der Waals surface area contributed by atoms with Crippen molar-refractivity contribution < 1.29 is 9.90 Å². The number of rotatable bonds is 2. The third kappa shape index (κ3) is 2.29. The molecule has 1 aromatic carbocycles. The largest absolute Gasteiger partial charge is 0.478 e. The molecule has 0 radical (unpaired) electrons. The second-order valence-corrected chi connectivity index (χ2v) is 6.05. The molecule has 1 aliphatic rings. The maximum atomic E-state index is 11.1. The molecule has 0 saturated heterocycles. The minimum atomic E-state index is -0.867. The van der Waals surface area contributed by atoms with Crippen LogP contribution >= 0.6 is 15.9 Å². The molecule has 1 heterocycles. The van der Waals surface area contributed by atoms with Gasteiger partial charge in [0.15, 0.2) is 0 Å². The lowest BCUT2D eigenvalue weighted by Crippen LogP contribution is -2.04. The molecule has 0 spiro atoms. The number of carboxylic acids is 1. The van der Waals surface area contributed by atoms with E-state index in [1.807, 2.05) is 6.07 Å². The summed E-state index contributed by atoms with van der Waals surface area (Å²) in [7, 11) is 0. The Morgan fingerprint density at radius 3 is 2.68 bits per heavy atom. The third-order valence-corrected chi connectivity index (χ3v) is 4.68. The Hall–Kier alpha value is -1.29. The number of hydrogen-bond acceptors (Lipinski definition) is 1. The van der Waals surface area contributed by atoms with E-state index in [9.17, 15) is 4.79 Å². The lowest BCUT2D eigenvalue weighted by Gasteiger charge is -2.21. The van der Waals surface area contributed by atoms with E-state index in [0.717, 1.165) is 15.5 Å². The number of H-pyrrole nitrogens is 1. The highest BCUT2D eigenvalue weighted by Crippen LogP contribution is 2.40. The quantitative estimate of drug-likeness (QED) is 0.844. The van der Waals surface area contributed by atoms with Crippen LogP contribution < -0.4 is 0 Å². The first-order valence-corrected chi connectivity index (χ1v) is 7.50. The van der Waals surface area contributed by atoms with Gasteiger partial charge in [-0.05, 0) is 58.5 Å². The highest BCUT2D eigenvalue weighted by atomic mass is 79.9. The standard InChI is InChI=1S/C15H16BrNO2/c16-14-13(9-4-2-1-3-5-9)11-8-10(15(18)19)6-7-12(11)17-14/h6-9,17H,1-5H2,(H,18,19). The first-order chi connectivity index (χ1) is 9.16. The van der Waals surface area contributed by atoms with E-state index in [2.05, 4.69) is 20.9 Å². The van der Waals surface area contributed by atoms with E-state index < -0.39 is 5.97 Å². The van der Waals surface area contributed by atoms with Crippen LogP contribution in [-0.4, -0.2) is 16.1 Å². The predicted octanol–water partition coefficient (Wildman–Crippen LogP) is 4.68. The molecular weight excluding hydrogens is 306 g/mol. The van der Waals surface area contributed by atoms with Crippen molar-refractivity contribution >= 4 is 32.8 Å². The summed E-state index contributed by atoms with van der Waals surface area (Å²) in [5.74, 6) is -0.324. The first kappa shape index (κ1) is 12.7. The summed E-state index contributed by atoms with van der Waals surface area (Å²) in [6.45, 7) is 0. The van der Waals surface area contributed by atoms with Crippen LogP contribution in [0.3, 0.4) is 0 Å². The van der Waals surface area contributed by atoms with Crippen LogP contribution in [0.15, 0.2) is 22.8 Å². The number of aromatic amines is 1. The minimum Gasteiger partial charge on any atom is -0.478 e. The van der Waals surface area contributed by atoms with Gasteiger partial charge in [-0.1, -0.05) is 19.3 Å². The zero-order valence-electron chi connectivity index (χ0n) is 10.6. The Kier molecular flexibility index (Phi) is 3.35. The van der Waals surface area contributed by atoms with Crippen LogP contribution in [0, 0.1) is 0 Å². The van der Waals surface area contributed by atoms with Crippen LogP contribution in [-0.2, 0) is 0 Å². The van der Waals surface area contributed by atoms with Gasteiger partial charge in [0.05, 0.1) is 10.2 Å². The van der Waals surface area contributed by atoms with Crippen molar-refractivity contribution in [1.29, 1.82) is 0 Å². The molecule has 0 amide bonds. The van der Waals surface area contributed by atoms with Gasteiger partial charge in [0.1, 0.15) is 0 Å². The molecule has 1 aromatic heterocycles. The molecule has 3 nitrogen and oxygen atoms in total. The lowest BCUT2D eigenvalue weighted by molar-refractivity contribution is 0.0697. The summed E-state index contributed by atoms with van der Waals surface area (Å²) in [5, 5.41) is 10.2. The van der Waals surface area contributed by atoms with Gasteiger partial charge < -0.3 is 10.1 Å². The molecule has 1 saturated carbocycles. The van der Waals surface area contributed by atoms with Gasteiger partial charge in [-0.25, -0.2) is 4.79 Å². The summed E-state index contributed by atoms with van der Waals surface area (Å²) < 4.78 is 1.01. The summed E-state index contributed by atoms with van der Waals surface area (Å²) in [6.07, 6.45) is 6.24. The average Bonchev–Trinajstić information content (AvgIpc) is 2.74. The maximum Gasteiger partial charge on any atom is 0.335 e. The Morgan fingerprint density at radius 2 is 2.00 bits per heavy atom. The highest BCUT2D eigenvalue weighted by Gasteiger charge is 2.22. The van der Waals surface area contributed by atoms with E-state index in [0.29, 0.717) is 11.5 Å². The number of benzene rings is 1. The smallest absolute Gasteiger partial charge is 0.335 e. The van der Waals surface area contributed by atoms with Crippen molar-refractivity contribution in [2.75, 3.05) is 0 Å². The van der Waals surface area contributed by atoms with Crippen molar-refractivity contribution in [3.05, 3.63) is 33.9 Å². The van der Waals surface area contributed by atoms with Crippen LogP contribution in [0.5, 0.6) is 0 Å². The molecule has 0 aliphatic heterocycles. The fourth-order valence-corrected chi connectivity index (χ4v) is 3.85. The molecule has 2 aromatic rings. The second kappa shape index (κ2) is 5.00. The van der Waals surface area contributed by atoms with Crippen molar-refractivity contribution in [3.8, 4) is 0 Å². The van der Waals surface area contributed by atoms with Gasteiger partial charge in [0, 0.05) is 10.9 Å². The summed E-state index contributed by atoms with van der Waals surface area (Å²) >= 11 is 3.60. The van der Waals surface area contributed by atoms with Crippen LogP contribution in [0.2, 0.25) is 0 Å². The normalized spacial score (nSPS) is 16.9. The van der Waals surface area contributed by atoms with Gasteiger partial charge in [-0.3, -0.25) is 0 Å². The van der Waals surface area contributed by atoms with Crippen molar-refractivity contribution in [2.45, 2.75) is 38.0 Å². The monoisotopic (exact) mass is 321 g/mol. The third-order valence-electron chi connectivity index (χ3n) is 4.05. The Balaban J connectivity index is 2.13. The van der Waals surface area contributed by atoms with Gasteiger partial charge in [-0.2, -0.15) is 0 Å². The molecule has 1 aliphatic carbocycles.